The highest BCUT2D eigenvalue weighted by atomic mass is 35.5. The van der Waals surface area contributed by atoms with E-state index in [0.717, 1.165) is 12.1 Å². The van der Waals surface area contributed by atoms with Crippen molar-refractivity contribution in [1.29, 1.82) is 0 Å². The number of hydrogen-bond acceptors (Lipinski definition) is 3. The van der Waals surface area contributed by atoms with Gasteiger partial charge in [-0.2, -0.15) is 5.10 Å². The van der Waals surface area contributed by atoms with Gasteiger partial charge in [-0.05, 0) is 24.1 Å². The van der Waals surface area contributed by atoms with Gasteiger partial charge in [-0.3, -0.25) is 4.68 Å². The summed E-state index contributed by atoms with van der Waals surface area (Å²) >= 11 is 6.14. The fourth-order valence-electron chi connectivity index (χ4n) is 1.96. The Labute approximate surface area is 125 Å². The smallest absolute Gasteiger partial charge is 0.191 e. The van der Waals surface area contributed by atoms with Crippen LogP contribution >= 0.6 is 11.6 Å². The van der Waals surface area contributed by atoms with Gasteiger partial charge < -0.3 is 9.84 Å². The highest BCUT2D eigenvalue weighted by Gasteiger charge is 2.17. The molecule has 0 unspecified atom stereocenters. The van der Waals surface area contributed by atoms with Gasteiger partial charge in [-0.1, -0.05) is 18.5 Å². The van der Waals surface area contributed by atoms with Crippen molar-refractivity contribution in [3.05, 3.63) is 45.7 Å². The lowest BCUT2D eigenvalue weighted by molar-refractivity contribution is 0.260. The Morgan fingerprint density at radius 1 is 1.33 bits per heavy atom. The Morgan fingerprint density at radius 3 is 2.43 bits per heavy atom. The molecule has 114 valence electrons. The number of aryl methyl sites for hydroxylation is 2. The molecule has 0 atom stereocenters. The Morgan fingerprint density at radius 2 is 1.95 bits per heavy atom. The van der Waals surface area contributed by atoms with Gasteiger partial charge in [0.15, 0.2) is 17.4 Å². The summed E-state index contributed by atoms with van der Waals surface area (Å²) in [6.07, 6.45) is 0.653. The number of halogens is 3. The minimum absolute atomic E-state index is 0.103. The molecule has 0 radical (unpaired) electrons. The molecule has 1 aromatic heterocycles. The maximum atomic E-state index is 13.7. The predicted molar refractivity (Wildman–Crippen MR) is 74.2 cm³/mol. The third-order valence-corrected chi connectivity index (χ3v) is 3.53. The summed E-state index contributed by atoms with van der Waals surface area (Å²) in [5, 5.41) is 13.5. The molecular weight excluding hydrogens is 302 g/mol. The molecule has 1 heterocycles. The first-order chi connectivity index (χ1) is 9.97. The van der Waals surface area contributed by atoms with Crippen molar-refractivity contribution in [2.24, 2.45) is 7.05 Å². The second-order valence-electron chi connectivity index (χ2n) is 4.52. The van der Waals surface area contributed by atoms with Crippen molar-refractivity contribution in [2.75, 3.05) is 0 Å². The molecule has 0 amide bonds. The van der Waals surface area contributed by atoms with E-state index < -0.39 is 24.0 Å². The topological polar surface area (TPSA) is 47.3 Å². The standard InChI is InChI=1S/C14H15ClF2N2O2/c1-3-11-13(15)12(19(2)18-11)7-21-14-9(16)4-8(6-20)5-10(14)17/h4-5,20H,3,6-7H2,1-2H3. The number of aromatic nitrogens is 2. The first-order valence-corrected chi connectivity index (χ1v) is 6.77. The van der Waals surface area contributed by atoms with Gasteiger partial charge in [0.25, 0.3) is 0 Å². The van der Waals surface area contributed by atoms with Crippen molar-refractivity contribution >= 4 is 11.6 Å². The molecule has 2 aromatic rings. The second-order valence-corrected chi connectivity index (χ2v) is 4.90. The zero-order chi connectivity index (χ0) is 15.6. The third kappa shape index (κ3) is 3.16. The first-order valence-electron chi connectivity index (χ1n) is 6.39. The monoisotopic (exact) mass is 316 g/mol. The average Bonchev–Trinajstić information content (AvgIpc) is 2.72. The van der Waals surface area contributed by atoms with Gasteiger partial charge in [0.05, 0.1) is 23.0 Å². The summed E-state index contributed by atoms with van der Waals surface area (Å²) in [5.74, 6) is -2.23. The van der Waals surface area contributed by atoms with Gasteiger partial charge in [0, 0.05) is 7.05 Å². The van der Waals surface area contributed by atoms with Crippen LogP contribution in [0.15, 0.2) is 12.1 Å². The van der Waals surface area contributed by atoms with E-state index in [2.05, 4.69) is 5.10 Å². The molecule has 1 aromatic carbocycles. The summed E-state index contributed by atoms with van der Waals surface area (Å²) in [4.78, 5) is 0. The van der Waals surface area contributed by atoms with Gasteiger partial charge in [0.2, 0.25) is 0 Å². The molecule has 0 saturated carbocycles. The molecule has 1 N–H and O–H groups in total. The van der Waals surface area contributed by atoms with Crippen LogP contribution in [-0.4, -0.2) is 14.9 Å². The van der Waals surface area contributed by atoms with Crippen LogP contribution in [-0.2, 0) is 26.7 Å². The van der Waals surface area contributed by atoms with Gasteiger partial charge in [-0.25, -0.2) is 8.78 Å². The van der Waals surface area contributed by atoms with E-state index in [1.165, 1.54) is 4.68 Å². The summed E-state index contributed by atoms with van der Waals surface area (Å²) in [7, 11) is 1.69. The van der Waals surface area contributed by atoms with Crippen LogP contribution in [0.3, 0.4) is 0 Å². The molecular formula is C14H15ClF2N2O2. The van der Waals surface area contributed by atoms with Crippen LogP contribution in [0.25, 0.3) is 0 Å². The average molecular weight is 317 g/mol. The lowest BCUT2D eigenvalue weighted by Crippen LogP contribution is -2.06. The van der Waals surface area contributed by atoms with Crippen molar-refractivity contribution in [3.63, 3.8) is 0 Å². The van der Waals surface area contributed by atoms with Crippen LogP contribution in [0.5, 0.6) is 5.75 Å². The maximum absolute atomic E-state index is 13.7. The molecule has 0 aliphatic heterocycles. The fourth-order valence-corrected chi connectivity index (χ4v) is 2.31. The molecule has 0 fully saturated rings. The van der Waals surface area contributed by atoms with Crippen molar-refractivity contribution in [1.82, 2.24) is 9.78 Å². The van der Waals surface area contributed by atoms with Crippen LogP contribution in [0.4, 0.5) is 8.78 Å². The summed E-state index contributed by atoms with van der Waals surface area (Å²) in [5.41, 5.74) is 1.39. The number of nitrogens with zero attached hydrogens (tertiary/aromatic N) is 2. The summed E-state index contributed by atoms with van der Waals surface area (Å²) in [6.45, 7) is 1.36. The van der Waals surface area contributed by atoms with E-state index >= 15 is 0 Å². The van der Waals surface area contributed by atoms with E-state index in [1.54, 1.807) is 7.05 Å². The minimum Gasteiger partial charge on any atom is -0.481 e. The number of aliphatic hydroxyl groups is 1. The quantitative estimate of drug-likeness (QED) is 0.922. The molecule has 0 aliphatic carbocycles. The van der Waals surface area contributed by atoms with Crippen molar-refractivity contribution in [2.45, 2.75) is 26.6 Å². The highest BCUT2D eigenvalue weighted by molar-refractivity contribution is 6.31. The number of hydrogen-bond donors (Lipinski definition) is 1. The molecule has 2 rings (SSSR count). The van der Waals surface area contributed by atoms with Gasteiger partial charge in [0.1, 0.15) is 6.61 Å². The molecule has 0 saturated heterocycles. The first kappa shape index (κ1) is 15.7. The Kier molecular flexibility index (Phi) is 4.80. The maximum Gasteiger partial charge on any atom is 0.191 e. The van der Waals surface area contributed by atoms with Crippen molar-refractivity contribution in [3.8, 4) is 5.75 Å². The highest BCUT2D eigenvalue weighted by Crippen LogP contribution is 2.27. The zero-order valence-corrected chi connectivity index (χ0v) is 12.4. The summed E-state index contributed by atoms with van der Waals surface area (Å²) < 4.78 is 34.2. The van der Waals surface area contributed by atoms with Crippen molar-refractivity contribution < 1.29 is 18.6 Å². The molecule has 4 nitrogen and oxygen atoms in total. The Balaban J connectivity index is 2.23. The summed E-state index contributed by atoms with van der Waals surface area (Å²) in [6, 6.07) is 2.06. The third-order valence-electron chi connectivity index (χ3n) is 3.10. The SMILES string of the molecule is CCc1nn(C)c(COc2c(F)cc(CO)cc2F)c1Cl. The second kappa shape index (κ2) is 6.41. The lowest BCUT2D eigenvalue weighted by Gasteiger charge is -2.10. The van der Waals surface area contributed by atoms with E-state index in [4.69, 9.17) is 21.4 Å². The Bertz CT molecular complexity index is 636. The number of rotatable bonds is 5. The van der Waals surface area contributed by atoms with Gasteiger partial charge >= 0.3 is 0 Å². The van der Waals surface area contributed by atoms with Crippen LogP contribution in [0.1, 0.15) is 23.9 Å². The molecule has 0 aliphatic rings. The van der Waals surface area contributed by atoms with Crippen LogP contribution in [0, 0.1) is 11.6 Å². The van der Waals surface area contributed by atoms with E-state index in [1.807, 2.05) is 6.92 Å². The van der Waals surface area contributed by atoms with E-state index in [0.29, 0.717) is 22.8 Å². The minimum atomic E-state index is -0.868. The Hall–Kier alpha value is -1.66. The molecule has 7 heteroatoms. The van der Waals surface area contributed by atoms with E-state index in [-0.39, 0.29) is 12.2 Å². The number of aliphatic hydroxyl groups excluding tert-OH is 1. The lowest BCUT2D eigenvalue weighted by atomic mass is 10.2. The van der Waals surface area contributed by atoms with E-state index in [9.17, 15) is 8.78 Å². The largest absolute Gasteiger partial charge is 0.481 e. The fraction of sp³-hybridized carbons (Fsp3) is 0.357. The molecule has 0 spiro atoms. The number of ether oxygens (including phenoxy) is 1. The number of benzene rings is 1. The normalized spacial score (nSPS) is 11.0. The van der Waals surface area contributed by atoms with Gasteiger partial charge in [-0.15, -0.1) is 0 Å². The predicted octanol–water partition coefficient (Wildman–Crippen LogP) is 2.99. The van der Waals surface area contributed by atoms with Crippen LogP contribution in [0.2, 0.25) is 5.02 Å². The van der Waals surface area contributed by atoms with Crippen LogP contribution < -0.4 is 4.74 Å². The molecule has 21 heavy (non-hydrogen) atoms. The molecule has 0 bridgehead atoms. The zero-order valence-electron chi connectivity index (χ0n) is 11.7.